The number of hydrogen-bond donors (Lipinski definition) is 2. The van der Waals surface area contributed by atoms with Crippen molar-refractivity contribution < 1.29 is 9.53 Å². The molecule has 0 aromatic carbocycles. The lowest BCUT2D eigenvalue weighted by Crippen LogP contribution is -2.28. The Bertz CT molecular complexity index is 283. The number of carbonyl (C=O) groups is 1. The largest absolute Gasteiger partial charge is 0.469 e. The second-order valence-electron chi connectivity index (χ2n) is 3.45. The maximum atomic E-state index is 11.3. The number of aromatic nitrogens is 1. The molecule has 0 aliphatic heterocycles. The fourth-order valence-electron chi connectivity index (χ4n) is 1.42. The van der Waals surface area contributed by atoms with Gasteiger partial charge >= 0.3 is 5.97 Å². The first kappa shape index (κ1) is 11.8. The van der Waals surface area contributed by atoms with E-state index in [9.17, 15) is 4.79 Å². The third kappa shape index (κ3) is 3.75. The van der Waals surface area contributed by atoms with Gasteiger partial charge in [0.2, 0.25) is 0 Å². The lowest BCUT2D eigenvalue weighted by atomic mass is 10.1. The van der Waals surface area contributed by atoms with Crippen molar-refractivity contribution in [2.45, 2.75) is 19.9 Å². The summed E-state index contributed by atoms with van der Waals surface area (Å²) in [4.78, 5) is 14.4. The van der Waals surface area contributed by atoms with Crippen LogP contribution in [0.1, 0.15) is 19.0 Å². The van der Waals surface area contributed by atoms with Gasteiger partial charge in [0.25, 0.3) is 0 Å². The van der Waals surface area contributed by atoms with E-state index in [0.717, 1.165) is 18.7 Å². The van der Waals surface area contributed by atoms with Gasteiger partial charge in [-0.2, -0.15) is 0 Å². The van der Waals surface area contributed by atoms with E-state index in [4.69, 9.17) is 4.74 Å². The van der Waals surface area contributed by atoms with Crippen LogP contribution >= 0.6 is 0 Å². The molecule has 84 valence electrons. The van der Waals surface area contributed by atoms with Gasteiger partial charge in [0.1, 0.15) is 0 Å². The summed E-state index contributed by atoms with van der Waals surface area (Å²) in [5.74, 6) is -0.193. The molecular formula is C11H18N2O2. The average Bonchev–Trinajstić information content (AvgIpc) is 2.76. The Balaban J connectivity index is 2.26. The number of H-pyrrole nitrogens is 1. The van der Waals surface area contributed by atoms with Crippen LogP contribution in [0.5, 0.6) is 0 Å². The number of carbonyl (C=O) groups excluding carboxylic acids is 1. The maximum absolute atomic E-state index is 11.3. The van der Waals surface area contributed by atoms with Crippen LogP contribution in [0.4, 0.5) is 0 Å². The quantitative estimate of drug-likeness (QED) is 0.696. The van der Waals surface area contributed by atoms with E-state index in [1.807, 2.05) is 25.3 Å². The van der Waals surface area contributed by atoms with Gasteiger partial charge in [0, 0.05) is 25.0 Å². The Hall–Kier alpha value is -1.29. The minimum Gasteiger partial charge on any atom is -0.469 e. The molecule has 2 N–H and O–H groups in total. The van der Waals surface area contributed by atoms with Crippen LogP contribution in [0, 0.1) is 5.92 Å². The van der Waals surface area contributed by atoms with E-state index in [-0.39, 0.29) is 11.9 Å². The third-order valence-electron chi connectivity index (χ3n) is 2.40. The summed E-state index contributed by atoms with van der Waals surface area (Å²) in [6, 6.07) is 3.96. The van der Waals surface area contributed by atoms with Crippen molar-refractivity contribution in [2.24, 2.45) is 5.92 Å². The fraction of sp³-hybridized carbons (Fsp3) is 0.545. The Morgan fingerprint density at radius 1 is 1.67 bits per heavy atom. The first-order chi connectivity index (χ1) is 7.27. The van der Waals surface area contributed by atoms with Crippen LogP contribution in [0.15, 0.2) is 18.3 Å². The highest BCUT2D eigenvalue weighted by Gasteiger charge is 2.15. The van der Waals surface area contributed by atoms with E-state index >= 15 is 0 Å². The Labute approximate surface area is 90.0 Å². The monoisotopic (exact) mass is 210 g/mol. The molecule has 0 fully saturated rings. The predicted molar refractivity (Wildman–Crippen MR) is 58.3 cm³/mol. The summed E-state index contributed by atoms with van der Waals surface area (Å²) in [6.45, 7) is 3.39. The van der Waals surface area contributed by atoms with Gasteiger partial charge in [-0.25, -0.2) is 0 Å². The fourth-order valence-corrected chi connectivity index (χ4v) is 1.42. The molecular weight excluding hydrogens is 192 g/mol. The lowest BCUT2D eigenvalue weighted by molar-refractivity contribution is -0.145. The summed E-state index contributed by atoms with van der Waals surface area (Å²) in [7, 11) is 1.43. The van der Waals surface area contributed by atoms with Crippen molar-refractivity contribution in [1.82, 2.24) is 10.3 Å². The molecule has 0 aliphatic rings. The molecule has 4 heteroatoms. The van der Waals surface area contributed by atoms with Crippen molar-refractivity contribution in [1.29, 1.82) is 0 Å². The number of aromatic amines is 1. The lowest BCUT2D eigenvalue weighted by Gasteiger charge is -2.12. The van der Waals surface area contributed by atoms with Crippen molar-refractivity contribution in [2.75, 3.05) is 13.7 Å². The standard InChI is InChI=1S/C11H18N2O2/c1-3-9(11(14)15-2)7-12-8-10-5-4-6-13-10/h4-6,9,12-13H,3,7-8H2,1-2H3. The summed E-state index contributed by atoms with van der Waals surface area (Å²) < 4.78 is 4.70. The first-order valence-electron chi connectivity index (χ1n) is 5.18. The van der Waals surface area contributed by atoms with Crippen LogP contribution in [0.3, 0.4) is 0 Å². The Morgan fingerprint density at radius 3 is 3.00 bits per heavy atom. The number of methoxy groups -OCH3 is 1. The number of ether oxygens (including phenoxy) is 1. The molecule has 0 radical (unpaired) electrons. The van der Waals surface area contributed by atoms with Crippen LogP contribution in [0.2, 0.25) is 0 Å². The second kappa shape index (κ2) is 6.24. The highest BCUT2D eigenvalue weighted by molar-refractivity contribution is 5.72. The number of esters is 1. The van der Waals surface area contributed by atoms with Crippen LogP contribution in [-0.2, 0) is 16.1 Å². The van der Waals surface area contributed by atoms with Crippen molar-refractivity contribution >= 4 is 5.97 Å². The molecule has 15 heavy (non-hydrogen) atoms. The van der Waals surface area contributed by atoms with Gasteiger partial charge in [0.15, 0.2) is 0 Å². The minimum absolute atomic E-state index is 0.0510. The highest BCUT2D eigenvalue weighted by atomic mass is 16.5. The molecule has 0 saturated carbocycles. The van der Waals surface area contributed by atoms with Gasteiger partial charge < -0.3 is 15.0 Å². The zero-order valence-corrected chi connectivity index (χ0v) is 9.25. The Kier molecular flexibility index (Phi) is 4.90. The van der Waals surface area contributed by atoms with E-state index in [1.165, 1.54) is 7.11 Å². The first-order valence-corrected chi connectivity index (χ1v) is 5.18. The SMILES string of the molecule is CCC(CNCc1ccc[nH]1)C(=O)OC. The van der Waals surface area contributed by atoms with E-state index < -0.39 is 0 Å². The predicted octanol–water partition coefficient (Wildman–Crippen LogP) is 1.30. The minimum atomic E-state index is -0.142. The molecule has 1 rings (SSSR count). The second-order valence-corrected chi connectivity index (χ2v) is 3.45. The summed E-state index contributed by atoms with van der Waals surface area (Å²) in [5.41, 5.74) is 1.12. The molecule has 0 saturated heterocycles. The van der Waals surface area contributed by atoms with Gasteiger partial charge in [-0.05, 0) is 18.6 Å². The highest BCUT2D eigenvalue weighted by Crippen LogP contribution is 2.03. The summed E-state index contributed by atoms with van der Waals surface area (Å²) >= 11 is 0. The van der Waals surface area contributed by atoms with E-state index in [1.54, 1.807) is 0 Å². The number of hydrogen-bond acceptors (Lipinski definition) is 3. The zero-order valence-electron chi connectivity index (χ0n) is 9.25. The molecule has 1 atom stereocenters. The van der Waals surface area contributed by atoms with E-state index in [2.05, 4.69) is 10.3 Å². The summed E-state index contributed by atoms with van der Waals surface area (Å²) in [6.07, 6.45) is 2.68. The van der Waals surface area contributed by atoms with Gasteiger partial charge in [-0.1, -0.05) is 6.92 Å². The van der Waals surface area contributed by atoms with Crippen molar-refractivity contribution in [3.05, 3.63) is 24.0 Å². The molecule has 0 spiro atoms. The number of nitrogens with one attached hydrogen (secondary N) is 2. The van der Waals surface area contributed by atoms with Crippen LogP contribution in [0.25, 0.3) is 0 Å². The van der Waals surface area contributed by atoms with Gasteiger partial charge in [-0.3, -0.25) is 4.79 Å². The average molecular weight is 210 g/mol. The molecule has 1 unspecified atom stereocenters. The van der Waals surface area contributed by atoms with E-state index in [0.29, 0.717) is 6.54 Å². The Morgan fingerprint density at radius 2 is 2.47 bits per heavy atom. The number of rotatable bonds is 6. The third-order valence-corrected chi connectivity index (χ3v) is 2.40. The maximum Gasteiger partial charge on any atom is 0.309 e. The smallest absolute Gasteiger partial charge is 0.309 e. The molecule has 1 aromatic heterocycles. The zero-order chi connectivity index (χ0) is 11.1. The molecule has 1 aromatic rings. The van der Waals surface area contributed by atoms with Gasteiger partial charge in [-0.15, -0.1) is 0 Å². The normalized spacial score (nSPS) is 12.4. The molecule has 1 heterocycles. The topological polar surface area (TPSA) is 54.1 Å². The van der Waals surface area contributed by atoms with Crippen molar-refractivity contribution in [3.63, 3.8) is 0 Å². The van der Waals surface area contributed by atoms with Gasteiger partial charge in [0.05, 0.1) is 13.0 Å². The molecule has 4 nitrogen and oxygen atoms in total. The van der Waals surface area contributed by atoms with Crippen LogP contribution < -0.4 is 5.32 Å². The molecule has 0 bridgehead atoms. The van der Waals surface area contributed by atoms with Crippen molar-refractivity contribution in [3.8, 4) is 0 Å². The molecule has 0 amide bonds. The summed E-state index contributed by atoms with van der Waals surface area (Å²) in [5, 5.41) is 3.22. The molecule has 0 aliphatic carbocycles. The van der Waals surface area contributed by atoms with Crippen LogP contribution in [-0.4, -0.2) is 24.6 Å².